The van der Waals surface area contributed by atoms with E-state index < -0.39 is 0 Å². The Balaban J connectivity index is 1.57. The second kappa shape index (κ2) is 13.6. The molecule has 28 heavy (non-hydrogen) atoms. The van der Waals surface area contributed by atoms with E-state index in [-0.39, 0.29) is 18.0 Å². The molecule has 0 aromatic rings. The van der Waals surface area contributed by atoms with Gasteiger partial charge in [0, 0.05) is 6.08 Å². The van der Waals surface area contributed by atoms with Crippen molar-refractivity contribution in [3.63, 3.8) is 0 Å². The number of rotatable bonds is 10. The van der Waals surface area contributed by atoms with Crippen LogP contribution in [0.5, 0.6) is 0 Å². The summed E-state index contributed by atoms with van der Waals surface area (Å²) in [4.78, 5) is 12.6. The van der Waals surface area contributed by atoms with Crippen molar-refractivity contribution in [2.75, 3.05) is 0 Å². The van der Waals surface area contributed by atoms with E-state index in [1.807, 2.05) is 12.1 Å². The smallest absolute Gasteiger partial charge is 0.309 e. The largest absolute Gasteiger partial charge is 0.462 e. The minimum atomic E-state index is 0.0858. The molecule has 0 N–H and O–H groups in total. The van der Waals surface area contributed by atoms with Crippen molar-refractivity contribution in [3.05, 3.63) is 24.3 Å². The highest BCUT2D eigenvalue weighted by Gasteiger charge is 2.30. The van der Waals surface area contributed by atoms with Crippen LogP contribution in [0.3, 0.4) is 0 Å². The van der Waals surface area contributed by atoms with Gasteiger partial charge in [0.15, 0.2) is 0 Å². The minimum absolute atomic E-state index is 0.0858. The van der Waals surface area contributed by atoms with Crippen LogP contribution in [0.4, 0.5) is 0 Å². The Bertz CT molecular complexity index is 529. The van der Waals surface area contributed by atoms with Gasteiger partial charge in [0.2, 0.25) is 0 Å². The van der Waals surface area contributed by atoms with Crippen LogP contribution in [-0.2, 0) is 9.53 Å². The standard InChI is InChI=1S/C25H39NO2/c1-2-3-7-10-21-12-16-23(17-13-21)25(27)28-24-18-14-22(15-19-24)11-8-5-4-6-9-20-26/h4-6,9,21-24H,2-3,7-8,10-19H2,1H3/b5-4+,9-6?. The van der Waals surface area contributed by atoms with Gasteiger partial charge in [0.05, 0.1) is 12.0 Å². The van der Waals surface area contributed by atoms with E-state index >= 15 is 0 Å². The van der Waals surface area contributed by atoms with Crippen LogP contribution >= 0.6 is 0 Å². The first-order valence-corrected chi connectivity index (χ1v) is 11.6. The quantitative estimate of drug-likeness (QED) is 0.178. The maximum atomic E-state index is 12.6. The van der Waals surface area contributed by atoms with Gasteiger partial charge in [-0.25, -0.2) is 0 Å². The van der Waals surface area contributed by atoms with Crippen LogP contribution in [0.25, 0.3) is 0 Å². The SMILES string of the molecule is CCCCCC1CCC(C(=O)OC2CCC(CC/C=C/C=CC#N)CC2)CC1. The second-order valence-electron chi connectivity index (χ2n) is 8.79. The van der Waals surface area contributed by atoms with Crippen LogP contribution in [-0.4, -0.2) is 12.1 Å². The van der Waals surface area contributed by atoms with E-state index in [9.17, 15) is 4.79 Å². The zero-order valence-electron chi connectivity index (χ0n) is 17.8. The molecule has 2 rings (SSSR count). The molecule has 2 aliphatic rings. The lowest BCUT2D eigenvalue weighted by Gasteiger charge is -2.31. The van der Waals surface area contributed by atoms with Gasteiger partial charge >= 0.3 is 5.97 Å². The van der Waals surface area contributed by atoms with E-state index in [4.69, 9.17) is 10.00 Å². The predicted molar refractivity (Wildman–Crippen MR) is 115 cm³/mol. The third-order valence-electron chi connectivity index (χ3n) is 6.63. The zero-order valence-corrected chi connectivity index (χ0v) is 17.8. The molecule has 0 bridgehead atoms. The van der Waals surface area contributed by atoms with Crippen molar-refractivity contribution in [1.29, 1.82) is 5.26 Å². The summed E-state index contributed by atoms with van der Waals surface area (Å²) in [5.41, 5.74) is 0. The van der Waals surface area contributed by atoms with Crippen LogP contribution in [0.15, 0.2) is 24.3 Å². The fraction of sp³-hybridized carbons (Fsp3) is 0.760. The predicted octanol–water partition coefficient (Wildman–Crippen LogP) is 6.89. The Kier molecular flexibility index (Phi) is 11.0. The van der Waals surface area contributed by atoms with Gasteiger partial charge in [-0.3, -0.25) is 4.79 Å². The van der Waals surface area contributed by atoms with Gasteiger partial charge in [-0.1, -0.05) is 50.8 Å². The highest BCUT2D eigenvalue weighted by Crippen LogP contribution is 2.34. The van der Waals surface area contributed by atoms with Crippen molar-refractivity contribution >= 4 is 5.97 Å². The van der Waals surface area contributed by atoms with Crippen LogP contribution in [0.2, 0.25) is 0 Å². The maximum Gasteiger partial charge on any atom is 0.309 e. The molecule has 3 nitrogen and oxygen atoms in total. The number of unbranched alkanes of at least 4 members (excludes halogenated alkanes) is 2. The van der Waals surface area contributed by atoms with Gasteiger partial charge in [0.1, 0.15) is 6.10 Å². The number of esters is 1. The number of ether oxygens (including phenoxy) is 1. The maximum absolute atomic E-state index is 12.6. The Morgan fingerprint density at radius 2 is 1.64 bits per heavy atom. The van der Waals surface area contributed by atoms with Crippen LogP contribution in [0, 0.1) is 29.1 Å². The first kappa shape index (κ1) is 22.7. The molecule has 0 aromatic carbocycles. The van der Waals surface area contributed by atoms with E-state index in [1.54, 1.807) is 6.08 Å². The minimum Gasteiger partial charge on any atom is -0.462 e. The summed E-state index contributed by atoms with van der Waals surface area (Å²) in [6.07, 6.45) is 24.0. The molecule has 2 fully saturated rings. The summed E-state index contributed by atoms with van der Waals surface area (Å²) in [7, 11) is 0. The lowest BCUT2D eigenvalue weighted by molar-refractivity contribution is -0.157. The Labute approximate surface area is 172 Å². The molecule has 0 aromatic heterocycles. The number of nitrogens with zero attached hydrogens (tertiary/aromatic N) is 1. The Hall–Kier alpha value is -1.56. The summed E-state index contributed by atoms with van der Waals surface area (Å²) in [6, 6.07) is 1.99. The third kappa shape index (κ3) is 8.63. The summed E-state index contributed by atoms with van der Waals surface area (Å²) < 4.78 is 5.89. The van der Waals surface area contributed by atoms with Crippen molar-refractivity contribution in [2.24, 2.45) is 17.8 Å². The average Bonchev–Trinajstić information content (AvgIpc) is 2.72. The molecule has 3 heteroatoms. The molecule has 0 spiro atoms. The lowest BCUT2D eigenvalue weighted by atomic mass is 9.79. The fourth-order valence-electron chi connectivity index (χ4n) is 4.77. The number of carbonyl (C=O) groups excluding carboxylic acids is 1. The van der Waals surface area contributed by atoms with E-state index in [1.165, 1.54) is 63.9 Å². The summed E-state index contributed by atoms with van der Waals surface area (Å²) >= 11 is 0. The molecule has 156 valence electrons. The molecular weight excluding hydrogens is 346 g/mol. The molecule has 0 unspecified atom stereocenters. The summed E-state index contributed by atoms with van der Waals surface area (Å²) in [5, 5.41) is 8.44. The number of carbonyl (C=O) groups is 1. The molecule has 0 atom stereocenters. The highest BCUT2D eigenvalue weighted by molar-refractivity contribution is 5.72. The topological polar surface area (TPSA) is 50.1 Å². The number of hydrogen-bond donors (Lipinski definition) is 0. The molecule has 0 heterocycles. The first-order valence-electron chi connectivity index (χ1n) is 11.6. The summed E-state index contributed by atoms with van der Waals surface area (Å²) in [6.45, 7) is 2.26. The molecule has 0 saturated heterocycles. The van der Waals surface area contributed by atoms with Crippen LogP contribution in [0.1, 0.15) is 96.8 Å². The van der Waals surface area contributed by atoms with Gasteiger partial charge in [-0.05, 0) is 76.0 Å². The van der Waals surface area contributed by atoms with Gasteiger partial charge in [0.25, 0.3) is 0 Å². The Morgan fingerprint density at radius 1 is 0.964 bits per heavy atom. The monoisotopic (exact) mass is 385 g/mol. The van der Waals surface area contributed by atoms with Crippen molar-refractivity contribution in [1.82, 2.24) is 0 Å². The number of hydrogen-bond acceptors (Lipinski definition) is 3. The number of allylic oxidation sites excluding steroid dienone is 4. The van der Waals surface area contributed by atoms with Crippen molar-refractivity contribution in [2.45, 2.75) is 103 Å². The second-order valence-corrected chi connectivity index (χ2v) is 8.79. The molecule has 0 radical (unpaired) electrons. The third-order valence-corrected chi connectivity index (χ3v) is 6.63. The average molecular weight is 386 g/mol. The van der Waals surface area contributed by atoms with E-state index in [0.29, 0.717) is 0 Å². The van der Waals surface area contributed by atoms with Crippen molar-refractivity contribution < 1.29 is 9.53 Å². The van der Waals surface area contributed by atoms with Crippen molar-refractivity contribution in [3.8, 4) is 6.07 Å². The Morgan fingerprint density at radius 3 is 2.32 bits per heavy atom. The molecule has 0 aliphatic heterocycles. The van der Waals surface area contributed by atoms with Gasteiger partial charge in [-0.2, -0.15) is 5.26 Å². The van der Waals surface area contributed by atoms with Gasteiger partial charge in [-0.15, -0.1) is 0 Å². The zero-order chi connectivity index (χ0) is 20.0. The summed E-state index contributed by atoms with van der Waals surface area (Å²) in [5.74, 6) is 1.84. The van der Waals surface area contributed by atoms with Gasteiger partial charge < -0.3 is 4.74 Å². The van der Waals surface area contributed by atoms with Crippen LogP contribution < -0.4 is 0 Å². The fourth-order valence-corrected chi connectivity index (χ4v) is 4.77. The lowest BCUT2D eigenvalue weighted by Crippen LogP contribution is -2.30. The molecule has 2 aliphatic carbocycles. The normalized spacial score (nSPS) is 28.4. The van der Waals surface area contributed by atoms with E-state index in [2.05, 4.69) is 13.0 Å². The molecular formula is C25H39NO2. The molecule has 2 saturated carbocycles. The number of nitriles is 1. The highest BCUT2D eigenvalue weighted by atomic mass is 16.5. The van der Waals surface area contributed by atoms with E-state index in [0.717, 1.165) is 43.9 Å². The molecule has 0 amide bonds. The first-order chi connectivity index (χ1) is 13.7.